The van der Waals surface area contributed by atoms with Crippen LogP contribution in [-0.4, -0.2) is 4.98 Å². The van der Waals surface area contributed by atoms with Crippen LogP contribution in [0.5, 0.6) is 0 Å². The third-order valence-electron chi connectivity index (χ3n) is 1.46. The van der Waals surface area contributed by atoms with Gasteiger partial charge in [-0.2, -0.15) is 0 Å². The Kier molecular flexibility index (Phi) is 2.36. The van der Waals surface area contributed by atoms with Crippen LogP contribution in [0.15, 0.2) is 24.5 Å². The van der Waals surface area contributed by atoms with E-state index in [1.165, 1.54) is 0 Å². The molecule has 0 radical (unpaired) electrons. The predicted molar refractivity (Wildman–Crippen MR) is 40.0 cm³/mol. The number of hydrogen-bond donors (Lipinski definition) is 2. The van der Waals surface area contributed by atoms with Crippen molar-refractivity contribution < 1.29 is 0 Å². The van der Waals surface area contributed by atoms with Gasteiger partial charge < -0.3 is 0 Å². The van der Waals surface area contributed by atoms with Crippen LogP contribution < -0.4 is 11.3 Å². The maximum atomic E-state index is 5.23. The highest BCUT2D eigenvalue weighted by Crippen LogP contribution is 2.07. The zero-order valence-electron chi connectivity index (χ0n) is 5.91. The van der Waals surface area contributed by atoms with E-state index < -0.39 is 0 Å². The van der Waals surface area contributed by atoms with Gasteiger partial charge in [-0.05, 0) is 24.6 Å². The zero-order valence-corrected chi connectivity index (χ0v) is 5.91. The summed E-state index contributed by atoms with van der Waals surface area (Å²) in [6.07, 6.45) is 3.51. The first kappa shape index (κ1) is 7.18. The van der Waals surface area contributed by atoms with E-state index in [4.69, 9.17) is 5.84 Å². The molecule has 0 saturated heterocycles. The molecular formula is C7H11N3. The number of hydrogen-bond acceptors (Lipinski definition) is 3. The molecule has 1 heterocycles. The lowest BCUT2D eigenvalue weighted by Gasteiger charge is -2.08. The third-order valence-corrected chi connectivity index (χ3v) is 1.46. The zero-order chi connectivity index (χ0) is 7.40. The number of aromatic nitrogens is 1. The summed E-state index contributed by atoms with van der Waals surface area (Å²) < 4.78 is 0. The number of rotatable bonds is 2. The summed E-state index contributed by atoms with van der Waals surface area (Å²) in [7, 11) is 0. The molecule has 0 unspecified atom stereocenters. The standard InChI is InChI=1S/C7H11N3/c1-6(10-8)7-2-4-9-5-3-7/h2-6,10H,8H2,1H3/t6-/m1/s1. The first-order chi connectivity index (χ1) is 4.84. The fourth-order valence-electron chi connectivity index (χ4n) is 0.748. The van der Waals surface area contributed by atoms with Crippen molar-refractivity contribution >= 4 is 0 Å². The van der Waals surface area contributed by atoms with E-state index in [0.29, 0.717) is 0 Å². The summed E-state index contributed by atoms with van der Waals surface area (Å²) in [5, 5.41) is 0. The Balaban J connectivity index is 2.75. The van der Waals surface area contributed by atoms with E-state index in [2.05, 4.69) is 10.4 Å². The Morgan fingerprint density at radius 1 is 1.50 bits per heavy atom. The number of hydrazine groups is 1. The molecule has 0 spiro atoms. The highest BCUT2D eigenvalue weighted by Gasteiger charge is 1.98. The normalized spacial score (nSPS) is 13.0. The molecule has 1 rings (SSSR count). The second-order valence-electron chi connectivity index (χ2n) is 2.17. The van der Waals surface area contributed by atoms with E-state index in [-0.39, 0.29) is 6.04 Å². The molecule has 0 amide bonds. The average molecular weight is 137 g/mol. The monoisotopic (exact) mass is 137 g/mol. The lowest BCUT2D eigenvalue weighted by atomic mass is 10.1. The van der Waals surface area contributed by atoms with E-state index in [1.54, 1.807) is 12.4 Å². The van der Waals surface area contributed by atoms with Gasteiger partial charge in [0, 0.05) is 18.4 Å². The first-order valence-corrected chi connectivity index (χ1v) is 3.20. The summed E-state index contributed by atoms with van der Waals surface area (Å²) in [6, 6.07) is 4.07. The minimum atomic E-state index is 0.197. The second kappa shape index (κ2) is 3.29. The van der Waals surface area contributed by atoms with Gasteiger partial charge in [-0.25, -0.2) is 0 Å². The van der Waals surface area contributed by atoms with Crippen LogP contribution in [0.3, 0.4) is 0 Å². The lowest BCUT2D eigenvalue weighted by molar-refractivity contribution is 0.602. The molecule has 0 fully saturated rings. The van der Waals surface area contributed by atoms with Crippen molar-refractivity contribution in [1.82, 2.24) is 10.4 Å². The Morgan fingerprint density at radius 3 is 2.60 bits per heavy atom. The van der Waals surface area contributed by atoms with Crippen LogP contribution in [0.25, 0.3) is 0 Å². The number of pyridine rings is 1. The Morgan fingerprint density at radius 2 is 2.10 bits per heavy atom. The fraction of sp³-hybridized carbons (Fsp3) is 0.286. The molecule has 1 aromatic rings. The van der Waals surface area contributed by atoms with Gasteiger partial charge in [-0.15, -0.1) is 0 Å². The van der Waals surface area contributed by atoms with Crippen molar-refractivity contribution in [2.75, 3.05) is 0 Å². The summed E-state index contributed by atoms with van der Waals surface area (Å²) in [4.78, 5) is 3.89. The molecule has 1 aromatic heterocycles. The van der Waals surface area contributed by atoms with Crippen LogP contribution in [0.2, 0.25) is 0 Å². The lowest BCUT2D eigenvalue weighted by Crippen LogP contribution is -2.25. The molecule has 0 aliphatic rings. The number of nitrogens with zero attached hydrogens (tertiary/aromatic N) is 1. The van der Waals surface area contributed by atoms with Gasteiger partial charge in [0.15, 0.2) is 0 Å². The second-order valence-corrected chi connectivity index (χ2v) is 2.17. The summed E-state index contributed by atoms with van der Waals surface area (Å²) in [5.74, 6) is 5.23. The van der Waals surface area contributed by atoms with Gasteiger partial charge >= 0.3 is 0 Å². The summed E-state index contributed by atoms with van der Waals surface area (Å²) in [5.41, 5.74) is 3.80. The van der Waals surface area contributed by atoms with Crippen LogP contribution in [0, 0.1) is 0 Å². The van der Waals surface area contributed by atoms with Crippen molar-refractivity contribution in [3.8, 4) is 0 Å². The molecular weight excluding hydrogens is 126 g/mol. The van der Waals surface area contributed by atoms with E-state index in [9.17, 15) is 0 Å². The van der Waals surface area contributed by atoms with Crippen molar-refractivity contribution in [2.45, 2.75) is 13.0 Å². The molecule has 3 nitrogen and oxygen atoms in total. The average Bonchev–Trinajstić information content (AvgIpc) is 2.05. The van der Waals surface area contributed by atoms with Crippen LogP contribution in [0.1, 0.15) is 18.5 Å². The predicted octanol–water partition coefficient (Wildman–Crippen LogP) is 0.606. The van der Waals surface area contributed by atoms with Gasteiger partial charge in [0.05, 0.1) is 0 Å². The molecule has 10 heavy (non-hydrogen) atoms. The van der Waals surface area contributed by atoms with Gasteiger partial charge in [0.2, 0.25) is 0 Å². The van der Waals surface area contributed by atoms with Crippen molar-refractivity contribution in [3.05, 3.63) is 30.1 Å². The highest BCUT2D eigenvalue weighted by molar-refractivity contribution is 5.13. The van der Waals surface area contributed by atoms with Crippen molar-refractivity contribution in [3.63, 3.8) is 0 Å². The van der Waals surface area contributed by atoms with E-state index >= 15 is 0 Å². The largest absolute Gasteiger partial charge is 0.271 e. The van der Waals surface area contributed by atoms with Crippen molar-refractivity contribution in [1.29, 1.82) is 0 Å². The smallest absolute Gasteiger partial charge is 0.0432 e. The minimum absolute atomic E-state index is 0.197. The van der Waals surface area contributed by atoms with Gasteiger partial charge in [0.1, 0.15) is 0 Å². The Bertz CT molecular complexity index is 185. The van der Waals surface area contributed by atoms with Crippen LogP contribution in [0.4, 0.5) is 0 Å². The summed E-state index contributed by atoms with van der Waals surface area (Å²) in [6.45, 7) is 2.00. The minimum Gasteiger partial charge on any atom is -0.271 e. The molecule has 0 aromatic carbocycles. The molecule has 0 aliphatic carbocycles. The Hall–Kier alpha value is -0.930. The first-order valence-electron chi connectivity index (χ1n) is 3.20. The molecule has 3 heteroatoms. The summed E-state index contributed by atoms with van der Waals surface area (Å²) >= 11 is 0. The maximum absolute atomic E-state index is 5.23. The maximum Gasteiger partial charge on any atom is 0.0432 e. The van der Waals surface area contributed by atoms with Gasteiger partial charge in [-0.1, -0.05) is 0 Å². The van der Waals surface area contributed by atoms with Crippen molar-refractivity contribution in [2.24, 2.45) is 5.84 Å². The fourth-order valence-corrected chi connectivity index (χ4v) is 0.748. The van der Waals surface area contributed by atoms with Crippen LogP contribution >= 0.6 is 0 Å². The topological polar surface area (TPSA) is 50.9 Å². The molecule has 0 saturated carbocycles. The number of nitrogens with one attached hydrogen (secondary N) is 1. The van der Waals surface area contributed by atoms with E-state index in [1.807, 2.05) is 19.1 Å². The van der Waals surface area contributed by atoms with Gasteiger partial charge in [-0.3, -0.25) is 16.3 Å². The molecule has 3 N–H and O–H groups in total. The molecule has 0 aliphatic heterocycles. The van der Waals surface area contributed by atoms with Gasteiger partial charge in [0.25, 0.3) is 0 Å². The SMILES string of the molecule is C[C@@H](NN)c1ccncc1. The molecule has 0 bridgehead atoms. The highest BCUT2D eigenvalue weighted by atomic mass is 15.2. The quantitative estimate of drug-likeness (QED) is 0.463. The number of nitrogens with two attached hydrogens (primary N) is 1. The third kappa shape index (κ3) is 1.52. The Labute approximate surface area is 60.2 Å². The molecule has 54 valence electrons. The van der Waals surface area contributed by atoms with Crippen LogP contribution in [-0.2, 0) is 0 Å². The van der Waals surface area contributed by atoms with E-state index in [0.717, 1.165) is 5.56 Å². The molecule has 1 atom stereocenters.